The number of halogens is 1. The van der Waals surface area contributed by atoms with E-state index < -0.39 is 0 Å². The van der Waals surface area contributed by atoms with Gasteiger partial charge < -0.3 is 9.64 Å². The van der Waals surface area contributed by atoms with Crippen LogP contribution in [0.4, 0.5) is 4.39 Å². The summed E-state index contributed by atoms with van der Waals surface area (Å²) in [6.07, 6.45) is 0. The molecule has 0 saturated heterocycles. The van der Waals surface area contributed by atoms with E-state index in [1.165, 1.54) is 12.1 Å². The van der Waals surface area contributed by atoms with Gasteiger partial charge in [-0.15, -0.1) is 0 Å². The van der Waals surface area contributed by atoms with Crippen molar-refractivity contribution in [2.75, 3.05) is 20.2 Å². The topological polar surface area (TPSA) is 47.4 Å². The maximum absolute atomic E-state index is 13.6. The number of amides is 1. The quantitative estimate of drug-likeness (QED) is 0.289. The first kappa shape index (κ1) is 25.2. The van der Waals surface area contributed by atoms with Gasteiger partial charge in [-0.1, -0.05) is 36.4 Å². The zero-order valence-corrected chi connectivity index (χ0v) is 21.5. The predicted molar refractivity (Wildman–Crippen MR) is 141 cm³/mol. The van der Waals surface area contributed by atoms with E-state index in [0.29, 0.717) is 18.7 Å². The first-order valence-electron chi connectivity index (χ1n) is 12.2. The largest absolute Gasteiger partial charge is 0.497 e. The molecule has 4 aromatic rings. The molecular weight excluding hydrogens is 453 g/mol. The summed E-state index contributed by atoms with van der Waals surface area (Å²) in [6, 6.07) is 22.0. The molecule has 0 N–H and O–H groups in total. The van der Waals surface area contributed by atoms with E-state index in [0.717, 1.165) is 39.4 Å². The van der Waals surface area contributed by atoms with Crippen LogP contribution in [0.1, 0.15) is 52.8 Å². The minimum atomic E-state index is -0.268. The van der Waals surface area contributed by atoms with Crippen molar-refractivity contribution in [1.29, 1.82) is 0 Å². The number of methoxy groups -OCH3 is 1. The highest BCUT2D eigenvalue weighted by Gasteiger charge is 2.24. The van der Waals surface area contributed by atoms with Crippen LogP contribution in [0.5, 0.6) is 5.75 Å². The molecule has 1 aromatic heterocycles. The molecule has 0 spiro atoms. The van der Waals surface area contributed by atoms with Crippen molar-refractivity contribution < 1.29 is 13.9 Å². The van der Waals surface area contributed by atoms with Crippen molar-refractivity contribution in [3.63, 3.8) is 0 Å². The Morgan fingerprint density at radius 1 is 0.972 bits per heavy atom. The number of nitrogens with zero attached hydrogens (tertiary/aromatic N) is 3. The van der Waals surface area contributed by atoms with Crippen LogP contribution in [0.2, 0.25) is 0 Å². The molecule has 36 heavy (non-hydrogen) atoms. The van der Waals surface area contributed by atoms with Gasteiger partial charge in [-0.25, -0.2) is 4.39 Å². The second-order valence-corrected chi connectivity index (χ2v) is 8.78. The van der Waals surface area contributed by atoms with Crippen LogP contribution in [0.25, 0.3) is 11.1 Å². The molecule has 4 rings (SSSR count). The lowest BCUT2D eigenvalue weighted by atomic mass is 9.96. The van der Waals surface area contributed by atoms with E-state index in [1.807, 2.05) is 79.7 Å². The van der Waals surface area contributed by atoms with Crippen molar-refractivity contribution in [3.8, 4) is 16.9 Å². The summed E-state index contributed by atoms with van der Waals surface area (Å²) in [5, 5.41) is 4.94. The van der Waals surface area contributed by atoms with Crippen LogP contribution in [-0.2, 0) is 0 Å². The average molecular weight is 486 g/mol. The van der Waals surface area contributed by atoms with E-state index in [9.17, 15) is 9.18 Å². The lowest BCUT2D eigenvalue weighted by molar-refractivity contribution is 0.0773. The minimum absolute atomic E-state index is 0.0224. The lowest BCUT2D eigenvalue weighted by Crippen LogP contribution is -2.30. The normalized spacial score (nSPS) is 11.8. The van der Waals surface area contributed by atoms with Crippen LogP contribution in [0.3, 0.4) is 0 Å². The summed E-state index contributed by atoms with van der Waals surface area (Å²) >= 11 is 0. The number of carbonyl (C=O) groups is 1. The van der Waals surface area contributed by atoms with Gasteiger partial charge in [-0.3, -0.25) is 9.48 Å². The van der Waals surface area contributed by atoms with Gasteiger partial charge in [0.25, 0.3) is 5.91 Å². The van der Waals surface area contributed by atoms with Crippen molar-refractivity contribution in [1.82, 2.24) is 14.7 Å². The van der Waals surface area contributed by atoms with Gasteiger partial charge in [0.1, 0.15) is 17.6 Å². The summed E-state index contributed by atoms with van der Waals surface area (Å²) in [6.45, 7) is 9.30. The Kier molecular flexibility index (Phi) is 7.53. The van der Waals surface area contributed by atoms with Gasteiger partial charge in [-0.05, 0) is 80.8 Å². The van der Waals surface area contributed by atoms with Crippen molar-refractivity contribution in [2.45, 2.75) is 33.7 Å². The predicted octanol–water partition coefficient (Wildman–Crippen LogP) is 6.43. The molecule has 0 aliphatic rings. The van der Waals surface area contributed by atoms with E-state index in [2.05, 4.69) is 6.07 Å². The Bertz CT molecular complexity index is 1340. The summed E-state index contributed by atoms with van der Waals surface area (Å²) in [5.41, 5.74) is 6.39. The minimum Gasteiger partial charge on any atom is -0.497 e. The fourth-order valence-electron chi connectivity index (χ4n) is 4.74. The molecule has 186 valence electrons. The maximum Gasteiger partial charge on any atom is 0.253 e. The SMILES string of the molecule is CCN(CC)C(=O)c1ccc(C(c2cccc(OC)c2)n2nc(C)c(-c3ccc(F)cc3)c2C)cc1. The van der Waals surface area contributed by atoms with Gasteiger partial charge in [0, 0.05) is 29.9 Å². The Balaban J connectivity index is 1.83. The number of aromatic nitrogens is 2. The second-order valence-electron chi connectivity index (χ2n) is 8.78. The zero-order valence-electron chi connectivity index (χ0n) is 21.5. The third kappa shape index (κ3) is 4.89. The molecule has 1 atom stereocenters. The standard InChI is InChI=1S/C30H32FN3O2/c1-6-33(7-2)30(35)24-13-11-23(12-14-24)29(25-9-8-10-27(19-25)36-5)34-21(4)28(20(3)32-34)22-15-17-26(31)18-16-22/h8-19,29H,6-7H2,1-5H3. The highest BCUT2D eigenvalue weighted by atomic mass is 19.1. The fraction of sp³-hybridized carbons (Fsp3) is 0.267. The Labute approximate surface area is 212 Å². The number of rotatable bonds is 8. The molecule has 0 bridgehead atoms. The lowest BCUT2D eigenvalue weighted by Gasteiger charge is -2.22. The molecule has 1 unspecified atom stereocenters. The van der Waals surface area contributed by atoms with Crippen LogP contribution in [-0.4, -0.2) is 40.8 Å². The van der Waals surface area contributed by atoms with E-state index >= 15 is 0 Å². The molecule has 0 fully saturated rings. The van der Waals surface area contributed by atoms with Crippen molar-refractivity contribution in [2.24, 2.45) is 0 Å². The molecule has 5 nitrogen and oxygen atoms in total. The van der Waals surface area contributed by atoms with Crippen LogP contribution < -0.4 is 4.74 Å². The van der Waals surface area contributed by atoms with Crippen LogP contribution >= 0.6 is 0 Å². The second kappa shape index (κ2) is 10.8. The Morgan fingerprint density at radius 2 is 1.64 bits per heavy atom. The molecule has 0 saturated carbocycles. The van der Waals surface area contributed by atoms with E-state index in [1.54, 1.807) is 19.2 Å². The zero-order chi connectivity index (χ0) is 25.8. The van der Waals surface area contributed by atoms with Gasteiger partial charge in [0.05, 0.1) is 12.8 Å². The third-order valence-corrected chi connectivity index (χ3v) is 6.64. The highest BCUT2D eigenvalue weighted by Crippen LogP contribution is 2.35. The van der Waals surface area contributed by atoms with E-state index in [-0.39, 0.29) is 17.8 Å². The first-order valence-corrected chi connectivity index (χ1v) is 12.2. The number of ether oxygens (including phenoxy) is 1. The number of hydrogen-bond donors (Lipinski definition) is 0. The molecule has 6 heteroatoms. The van der Waals surface area contributed by atoms with Crippen LogP contribution in [0, 0.1) is 19.7 Å². The Morgan fingerprint density at radius 3 is 2.25 bits per heavy atom. The molecule has 1 heterocycles. The molecule has 3 aromatic carbocycles. The Hall–Kier alpha value is -3.93. The number of benzene rings is 3. The summed E-state index contributed by atoms with van der Waals surface area (Å²) in [5.74, 6) is 0.510. The molecular formula is C30H32FN3O2. The van der Waals surface area contributed by atoms with E-state index in [4.69, 9.17) is 9.84 Å². The number of aryl methyl sites for hydroxylation is 1. The van der Waals surface area contributed by atoms with Gasteiger partial charge in [0.15, 0.2) is 0 Å². The fourth-order valence-corrected chi connectivity index (χ4v) is 4.74. The highest BCUT2D eigenvalue weighted by molar-refractivity contribution is 5.94. The first-order chi connectivity index (χ1) is 17.4. The molecule has 1 amide bonds. The van der Waals surface area contributed by atoms with Crippen LogP contribution in [0.15, 0.2) is 72.8 Å². The van der Waals surface area contributed by atoms with Crippen molar-refractivity contribution in [3.05, 3.63) is 107 Å². The van der Waals surface area contributed by atoms with Gasteiger partial charge in [0.2, 0.25) is 0 Å². The average Bonchev–Trinajstić information content (AvgIpc) is 3.19. The van der Waals surface area contributed by atoms with Gasteiger partial charge >= 0.3 is 0 Å². The monoisotopic (exact) mass is 485 g/mol. The third-order valence-electron chi connectivity index (χ3n) is 6.64. The number of hydrogen-bond acceptors (Lipinski definition) is 3. The molecule has 0 aliphatic carbocycles. The molecule has 0 aliphatic heterocycles. The van der Waals surface area contributed by atoms with Gasteiger partial charge in [-0.2, -0.15) is 5.10 Å². The molecule has 0 radical (unpaired) electrons. The summed E-state index contributed by atoms with van der Waals surface area (Å²) < 4.78 is 21.1. The number of carbonyl (C=O) groups excluding carboxylic acids is 1. The summed E-state index contributed by atoms with van der Waals surface area (Å²) in [7, 11) is 1.65. The maximum atomic E-state index is 13.6. The smallest absolute Gasteiger partial charge is 0.253 e. The van der Waals surface area contributed by atoms with Crippen molar-refractivity contribution >= 4 is 5.91 Å². The summed E-state index contributed by atoms with van der Waals surface area (Å²) in [4.78, 5) is 14.7.